The van der Waals surface area contributed by atoms with Crippen LogP contribution >= 0.6 is 11.6 Å². The first kappa shape index (κ1) is 43.4. The highest BCUT2D eigenvalue weighted by molar-refractivity contribution is 6.30. The number of allylic oxidation sites excluding steroid dienone is 2. The van der Waals surface area contributed by atoms with Crippen LogP contribution in [0.3, 0.4) is 0 Å². The minimum atomic E-state index is -1.15. The van der Waals surface area contributed by atoms with E-state index in [4.69, 9.17) is 16.3 Å². The van der Waals surface area contributed by atoms with Crippen molar-refractivity contribution in [3.05, 3.63) is 46.0 Å². The Labute approximate surface area is 343 Å². The Morgan fingerprint density at radius 2 is 1.57 bits per heavy atom. The van der Waals surface area contributed by atoms with Crippen molar-refractivity contribution in [3.63, 3.8) is 0 Å². The standard InChI is InChI=1S/C48H73ClN2O5/c1-31(2)40-35(52)28-48(24-25-51(27-26-50(10)11)30-32-12-14-33(49)15-13-32)23-22-46(8)34(41(40)48)16-17-37-45(7)20-19-38(56-39(53)29-43(3,4)42(54)55)44(5,6)36(45)18-21-47(37,46)9/h12-15,31,34,36-38H,16-30H2,1-11H3,(H,54,55)/t34-,36+,37?,38+,45+,46-,47-,48-/m1/s1. The first-order valence-electron chi connectivity index (χ1n) is 21.8. The van der Waals surface area contributed by atoms with Gasteiger partial charge >= 0.3 is 11.9 Å². The molecule has 5 aliphatic rings. The number of Topliss-reactive ketones (excluding diaryl/α,β-unsaturated/α-hetero) is 1. The summed E-state index contributed by atoms with van der Waals surface area (Å²) in [4.78, 5) is 44.1. The minimum absolute atomic E-state index is 0.0688. The number of hydrogen-bond donors (Lipinski definition) is 1. The number of ketones is 1. The maximum absolute atomic E-state index is 14.3. The fourth-order valence-corrected chi connectivity index (χ4v) is 13.8. The third-order valence-electron chi connectivity index (χ3n) is 17.0. The van der Waals surface area contributed by atoms with E-state index < -0.39 is 17.4 Å². The van der Waals surface area contributed by atoms with E-state index >= 15 is 0 Å². The van der Waals surface area contributed by atoms with Crippen LogP contribution in [-0.2, 0) is 25.7 Å². The molecule has 312 valence electrons. The van der Waals surface area contributed by atoms with E-state index in [1.807, 2.05) is 12.1 Å². The van der Waals surface area contributed by atoms with Crippen LogP contribution in [0.5, 0.6) is 0 Å². The average Bonchev–Trinajstić information content (AvgIpc) is 3.40. The van der Waals surface area contributed by atoms with Gasteiger partial charge in [0.2, 0.25) is 0 Å². The molecule has 7 nitrogen and oxygen atoms in total. The zero-order chi connectivity index (χ0) is 41.2. The fourth-order valence-electron chi connectivity index (χ4n) is 13.7. The SMILES string of the molecule is CC(C)C1=C2[C@H]3CCC4[C@@]5(C)CC[C@H](OC(=O)CC(C)(C)C(=O)O)C(C)(C)[C@@H]5CC[C@@]4(C)[C@]3(C)CC[C@@]2(CCN(CCN(C)C)Cc2ccc(Cl)cc2)CC1=O. The first-order valence-corrected chi connectivity index (χ1v) is 22.2. The number of likely N-dealkylation sites (N-methyl/N-ethyl adjacent to an activating group) is 1. The van der Waals surface area contributed by atoms with Crippen molar-refractivity contribution in [2.24, 2.45) is 56.2 Å². The molecule has 0 bridgehead atoms. The molecule has 5 aliphatic carbocycles. The molecule has 0 saturated heterocycles. The second-order valence-corrected chi connectivity index (χ2v) is 22.1. The number of esters is 1. The Hall–Kier alpha value is -2.22. The summed E-state index contributed by atoms with van der Waals surface area (Å²) < 4.78 is 6.21. The molecule has 0 heterocycles. The number of carboxylic acids is 1. The zero-order valence-electron chi connectivity index (χ0n) is 36.7. The molecule has 1 aromatic carbocycles. The molecule has 0 aromatic heterocycles. The molecule has 0 spiro atoms. The first-order chi connectivity index (χ1) is 26.0. The molecule has 8 atom stereocenters. The Kier molecular flexibility index (Phi) is 11.9. The van der Waals surface area contributed by atoms with Crippen LogP contribution in [0.25, 0.3) is 0 Å². The van der Waals surface area contributed by atoms with Crippen molar-refractivity contribution in [2.45, 2.75) is 146 Å². The number of aliphatic carboxylic acids is 1. The Balaban J connectivity index is 1.26. The number of halogens is 1. The number of fused-ring (bicyclic) bond motifs is 7. The largest absolute Gasteiger partial charge is 0.481 e. The summed E-state index contributed by atoms with van der Waals surface area (Å²) in [5.74, 6) is 0.614. The van der Waals surface area contributed by atoms with Crippen molar-refractivity contribution >= 4 is 29.3 Å². The van der Waals surface area contributed by atoms with E-state index in [2.05, 4.69) is 84.5 Å². The van der Waals surface area contributed by atoms with Crippen molar-refractivity contribution in [1.82, 2.24) is 9.80 Å². The van der Waals surface area contributed by atoms with Crippen LogP contribution in [-0.4, -0.2) is 72.5 Å². The van der Waals surface area contributed by atoms with Gasteiger partial charge < -0.3 is 14.7 Å². The van der Waals surface area contributed by atoms with E-state index in [1.54, 1.807) is 19.4 Å². The normalized spacial score (nSPS) is 35.3. The Bertz CT molecular complexity index is 1700. The molecule has 56 heavy (non-hydrogen) atoms. The summed E-state index contributed by atoms with van der Waals surface area (Å²) in [7, 11) is 4.29. The Morgan fingerprint density at radius 1 is 0.893 bits per heavy atom. The van der Waals surface area contributed by atoms with Crippen LogP contribution in [0.2, 0.25) is 5.02 Å². The predicted molar refractivity (Wildman–Crippen MR) is 225 cm³/mol. The number of nitrogens with zero attached hydrogens (tertiary/aromatic N) is 2. The van der Waals surface area contributed by atoms with Crippen LogP contribution in [0.15, 0.2) is 35.4 Å². The number of carbonyl (C=O) groups is 3. The van der Waals surface area contributed by atoms with Crippen LogP contribution in [0, 0.1) is 56.2 Å². The van der Waals surface area contributed by atoms with Gasteiger partial charge in [-0.05, 0) is 155 Å². The van der Waals surface area contributed by atoms with E-state index in [0.29, 0.717) is 30.0 Å². The topological polar surface area (TPSA) is 87.2 Å². The number of rotatable bonds is 13. The van der Waals surface area contributed by atoms with Crippen molar-refractivity contribution in [1.29, 1.82) is 0 Å². The second kappa shape index (κ2) is 15.4. The van der Waals surface area contributed by atoms with Gasteiger partial charge in [0.1, 0.15) is 6.10 Å². The highest BCUT2D eigenvalue weighted by atomic mass is 35.5. The summed E-state index contributed by atoms with van der Waals surface area (Å²) in [6, 6.07) is 8.28. The lowest BCUT2D eigenvalue weighted by molar-refractivity contribution is -0.233. The van der Waals surface area contributed by atoms with E-state index in [0.717, 1.165) is 88.1 Å². The lowest BCUT2D eigenvalue weighted by atomic mass is 9.33. The van der Waals surface area contributed by atoms with E-state index in [1.165, 1.54) is 12.0 Å². The van der Waals surface area contributed by atoms with Gasteiger partial charge in [-0.3, -0.25) is 19.3 Å². The molecule has 0 aliphatic heterocycles. The third-order valence-corrected chi connectivity index (χ3v) is 17.3. The second-order valence-electron chi connectivity index (χ2n) is 21.6. The summed E-state index contributed by atoms with van der Waals surface area (Å²) >= 11 is 6.26. The maximum Gasteiger partial charge on any atom is 0.309 e. The molecule has 1 N–H and O–H groups in total. The lowest BCUT2D eigenvalue weighted by Gasteiger charge is -2.72. The van der Waals surface area contributed by atoms with Gasteiger partial charge in [0.15, 0.2) is 5.78 Å². The quantitative estimate of drug-likeness (QED) is 0.199. The van der Waals surface area contributed by atoms with Gasteiger partial charge in [0, 0.05) is 41.9 Å². The molecule has 4 fully saturated rings. The number of ether oxygens (including phenoxy) is 1. The van der Waals surface area contributed by atoms with Crippen molar-refractivity contribution in [3.8, 4) is 0 Å². The van der Waals surface area contributed by atoms with Crippen molar-refractivity contribution < 1.29 is 24.2 Å². The number of benzene rings is 1. The molecule has 1 unspecified atom stereocenters. The summed E-state index contributed by atoms with van der Waals surface area (Å²) in [5, 5.41) is 10.4. The Morgan fingerprint density at radius 3 is 2.20 bits per heavy atom. The molecule has 4 saturated carbocycles. The molecule has 0 amide bonds. The third kappa shape index (κ3) is 7.46. The maximum atomic E-state index is 14.3. The smallest absolute Gasteiger partial charge is 0.309 e. The van der Waals surface area contributed by atoms with Gasteiger partial charge in [-0.25, -0.2) is 0 Å². The van der Waals surface area contributed by atoms with Gasteiger partial charge in [-0.1, -0.05) is 77.8 Å². The summed E-state index contributed by atoms with van der Waals surface area (Å²) in [6.07, 6.45) is 9.97. The lowest BCUT2D eigenvalue weighted by Crippen LogP contribution is -2.65. The van der Waals surface area contributed by atoms with Gasteiger partial charge in [-0.15, -0.1) is 0 Å². The summed E-state index contributed by atoms with van der Waals surface area (Å²) in [5.41, 5.74) is 2.89. The summed E-state index contributed by atoms with van der Waals surface area (Å²) in [6.45, 7) is 23.9. The monoisotopic (exact) mass is 793 g/mol. The van der Waals surface area contributed by atoms with Crippen LogP contribution in [0.1, 0.15) is 139 Å². The van der Waals surface area contributed by atoms with Crippen LogP contribution < -0.4 is 0 Å². The van der Waals surface area contributed by atoms with E-state index in [-0.39, 0.29) is 45.5 Å². The predicted octanol–water partition coefficient (Wildman–Crippen LogP) is 10.5. The average molecular weight is 794 g/mol. The van der Waals surface area contributed by atoms with Gasteiger partial charge in [0.25, 0.3) is 0 Å². The number of carbonyl (C=O) groups excluding carboxylic acids is 2. The van der Waals surface area contributed by atoms with Gasteiger partial charge in [-0.2, -0.15) is 0 Å². The highest BCUT2D eigenvalue weighted by Gasteiger charge is 2.70. The van der Waals surface area contributed by atoms with Crippen LogP contribution in [0.4, 0.5) is 0 Å². The molecule has 6 rings (SSSR count). The zero-order valence-corrected chi connectivity index (χ0v) is 37.4. The molecule has 1 aromatic rings. The fraction of sp³-hybridized carbons (Fsp3) is 0.771. The number of hydrogen-bond acceptors (Lipinski definition) is 6. The molecule has 8 heteroatoms. The molecular weight excluding hydrogens is 720 g/mol. The van der Waals surface area contributed by atoms with Gasteiger partial charge in [0.05, 0.1) is 11.8 Å². The highest BCUT2D eigenvalue weighted by Crippen LogP contribution is 2.77. The minimum Gasteiger partial charge on any atom is -0.481 e. The molecular formula is C48H73ClN2O5. The van der Waals surface area contributed by atoms with E-state index in [9.17, 15) is 19.5 Å². The number of carboxylic acid groups (broad SMARTS) is 1. The molecule has 0 radical (unpaired) electrons. The van der Waals surface area contributed by atoms with Crippen molar-refractivity contribution in [2.75, 3.05) is 33.7 Å².